The van der Waals surface area contributed by atoms with Crippen molar-refractivity contribution >= 4 is 51.6 Å². The summed E-state index contributed by atoms with van der Waals surface area (Å²) in [6.07, 6.45) is 3.62. The number of rotatable bonds is 7. The molecular formula is C20H19Cl2N5O2S. The summed E-state index contributed by atoms with van der Waals surface area (Å²) in [5.74, 6) is -0.0372. The Balaban J connectivity index is 1.47. The highest BCUT2D eigenvalue weighted by atomic mass is 35.5. The lowest BCUT2D eigenvalue weighted by Crippen LogP contribution is -2.28. The van der Waals surface area contributed by atoms with Crippen LogP contribution in [0.25, 0.3) is 0 Å². The molecule has 0 fully saturated rings. The number of pyridine rings is 1. The van der Waals surface area contributed by atoms with Crippen LogP contribution in [0, 0.1) is 0 Å². The van der Waals surface area contributed by atoms with Gasteiger partial charge in [-0.1, -0.05) is 35.3 Å². The molecule has 30 heavy (non-hydrogen) atoms. The normalized spacial score (nSPS) is 10.5. The molecule has 2 N–H and O–H groups in total. The lowest BCUT2D eigenvalue weighted by Gasteiger charge is -2.15. The van der Waals surface area contributed by atoms with Crippen LogP contribution in [0.4, 0.5) is 9.93 Å². The number of nitrogens with zero attached hydrogens (tertiary/aromatic N) is 3. The smallest absolute Gasteiger partial charge is 0.321 e. The van der Waals surface area contributed by atoms with E-state index < -0.39 is 0 Å². The molecule has 156 valence electrons. The number of hydrogen-bond donors (Lipinski definition) is 2. The van der Waals surface area contributed by atoms with Gasteiger partial charge in [-0.05, 0) is 29.3 Å². The topological polar surface area (TPSA) is 87.2 Å². The molecule has 7 nitrogen and oxygen atoms in total. The number of amides is 3. The van der Waals surface area contributed by atoms with E-state index in [9.17, 15) is 9.59 Å². The Morgan fingerprint density at radius 1 is 1.17 bits per heavy atom. The van der Waals surface area contributed by atoms with Crippen LogP contribution in [-0.2, 0) is 24.3 Å². The highest BCUT2D eigenvalue weighted by Gasteiger charge is 2.13. The summed E-state index contributed by atoms with van der Waals surface area (Å²) in [7, 11) is 1.72. The minimum Gasteiger partial charge on any atom is -0.340 e. The van der Waals surface area contributed by atoms with Crippen molar-refractivity contribution in [3.8, 4) is 0 Å². The van der Waals surface area contributed by atoms with Gasteiger partial charge in [-0.3, -0.25) is 15.1 Å². The molecule has 0 aliphatic heterocycles. The minimum atomic E-state index is -0.386. The fraction of sp³-hybridized carbons (Fsp3) is 0.200. The van der Waals surface area contributed by atoms with Crippen molar-refractivity contribution in [1.82, 2.24) is 20.2 Å². The van der Waals surface area contributed by atoms with E-state index in [0.717, 1.165) is 11.1 Å². The van der Waals surface area contributed by atoms with Gasteiger partial charge < -0.3 is 10.2 Å². The van der Waals surface area contributed by atoms with Crippen molar-refractivity contribution in [2.75, 3.05) is 12.4 Å². The third-order valence-corrected chi connectivity index (χ3v) is 5.66. The number of urea groups is 1. The molecule has 0 unspecified atom stereocenters. The molecule has 3 rings (SSSR count). The fourth-order valence-corrected chi connectivity index (χ4v) is 3.57. The molecule has 1 aromatic carbocycles. The van der Waals surface area contributed by atoms with Gasteiger partial charge in [0.15, 0.2) is 5.13 Å². The Labute approximate surface area is 188 Å². The number of halogens is 2. The van der Waals surface area contributed by atoms with Gasteiger partial charge in [0, 0.05) is 31.4 Å². The Kier molecular flexibility index (Phi) is 7.62. The van der Waals surface area contributed by atoms with Crippen LogP contribution >= 0.6 is 34.5 Å². The van der Waals surface area contributed by atoms with E-state index in [0.29, 0.717) is 34.0 Å². The zero-order chi connectivity index (χ0) is 21.5. The standard InChI is InChI=1S/C20H19Cl2N5O2S/c1-27(18(28)8-13-3-2-6-23-9-13)11-15-12-30-20(25-15)26-19(29)24-10-14-4-5-16(21)17(22)7-14/h2-7,9,12H,8,10-11H2,1H3,(H2,24,25,26,29). The van der Waals surface area contributed by atoms with Gasteiger partial charge in [0.2, 0.25) is 5.91 Å². The van der Waals surface area contributed by atoms with Gasteiger partial charge in [-0.25, -0.2) is 9.78 Å². The van der Waals surface area contributed by atoms with Crippen molar-refractivity contribution in [2.45, 2.75) is 19.5 Å². The van der Waals surface area contributed by atoms with E-state index >= 15 is 0 Å². The lowest BCUT2D eigenvalue weighted by molar-refractivity contribution is -0.129. The highest BCUT2D eigenvalue weighted by Crippen LogP contribution is 2.22. The fourth-order valence-electron chi connectivity index (χ4n) is 2.55. The van der Waals surface area contributed by atoms with Crippen LogP contribution in [-0.4, -0.2) is 33.9 Å². The number of benzene rings is 1. The second-order valence-corrected chi connectivity index (χ2v) is 8.16. The van der Waals surface area contributed by atoms with E-state index in [4.69, 9.17) is 23.2 Å². The highest BCUT2D eigenvalue weighted by molar-refractivity contribution is 7.13. The van der Waals surface area contributed by atoms with Crippen LogP contribution in [0.3, 0.4) is 0 Å². The van der Waals surface area contributed by atoms with E-state index in [1.165, 1.54) is 11.3 Å². The van der Waals surface area contributed by atoms with Crippen molar-refractivity contribution in [1.29, 1.82) is 0 Å². The first-order valence-electron chi connectivity index (χ1n) is 8.97. The number of hydrogen-bond acceptors (Lipinski definition) is 5. The molecule has 3 amide bonds. The average molecular weight is 464 g/mol. The molecule has 0 bridgehead atoms. The third-order valence-electron chi connectivity index (χ3n) is 4.11. The molecule has 2 heterocycles. The Morgan fingerprint density at radius 3 is 2.73 bits per heavy atom. The zero-order valence-corrected chi connectivity index (χ0v) is 18.4. The van der Waals surface area contributed by atoms with E-state index in [-0.39, 0.29) is 18.4 Å². The third kappa shape index (κ3) is 6.41. The summed E-state index contributed by atoms with van der Waals surface area (Å²) in [6.45, 7) is 0.648. The van der Waals surface area contributed by atoms with Crippen LogP contribution in [0.5, 0.6) is 0 Å². The maximum absolute atomic E-state index is 12.3. The molecule has 3 aromatic rings. The molecule has 0 aliphatic carbocycles. The Morgan fingerprint density at radius 2 is 2.00 bits per heavy atom. The first kappa shape index (κ1) is 22.0. The van der Waals surface area contributed by atoms with Crippen molar-refractivity contribution in [3.05, 3.63) is 75.0 Å². The second kappa shape index (κ2) is 10.4. The molecule has 0 spiro atoms. The summed E-state index contributed by atoms with van der Waals surface area (Å²) >= 11 is 13.1. The molecule has 2 aromatic heterocycles. The number of thiazole rings is 1. The van der Waals surface area contributed by atoms with Crippen molar-refractivity contribution < 1.29 is 9.59 Å². The summed E-state index contributed by atoms with van der Waals surface area (Å²) < 4.78 is 0. The molecule has 0 saturated heterocycles. The SMILES string of the molecule is CN(Cc1csc(NC(=O)NCc2ccc(Cl)c(Cl)c2)n1)C(=O)Cc1cccnc1. The second-order valence-electron chi connectivity index (χ2n) is 6.49. The summed E-state index contributed by atoms with van der Waals surface area (Å²) in [4.78, 5) is 34.4. The van der Waals surface area contributed by atoms with Crippen molar-refractivity contribution in [3.63, 3.8) is 0 Å². The van der Waals surface area contributed by atoms with Crippen LogP contribution in [0.1, 0.15) is 16.8 Å². The number of anilines is 1. The first-order valence-corrected chi connectivity index (χ1v) is 10.6. The largest absolute Gasteiger partial charge is 0.340 e. The summed E-state index contributed by atoms with van der Waals surface area (Å²) in [5, 5.41) is 8.57. The number of carbonyl (C=O) groups excluding carboxylic acids is 2. The van der Waals surface area contributed by atoms with Crippen molar-refractivity contribution in [2.24, 2.45) is 0 Å². The van der Waals surface area contributed by atoms with Gasteiger partial charge in [0.05, 0.1) is 28.7 Å². The minimum absolute atomic E-state index is 0.0372. The van der Waals surface area contributed by atoms with Gasteiger partial charge in [-0.15, -0.1) is 11.3 Å². The quantitative estimate of drug-likeness (QED) is 0.544. The van der Waals surface area contributed by atoms with Gasteiger partial charge in [-0.2, -0.15) is 0 Å². The monoisotopic (exact) mass is 463 g/mol. The lowest BCUT2D eigenvalue weighted by atomic mass is 10.2. The summed E-state index contributed by atoms with van der Waals surface area (Å²) in [5.41, 5.74) is 2.38. The number of aromatic nitrogens is 2. The zero-order valence-electron chi connectivity index (χ0n) is 16.1. The number of carbonyl (C=O) groups is 2. The Bertz CT molecular complexity index is 1030. The predicted molar refractivity (Wildman–Crippen MR) is 119 cm³/mol. The molecule has 0 saturated carbocycles. The number of nitrogens with one attached hydrogen (secondary N) is 2. The van der Waals surface area contributed by atoms with Gasteiger partial charge >= 0.3 is 6.03 Å². The van der Waals surface area contributed by atoms with Gasteiger partial charge in [0.1, 0.15) is 0 Å². The molecule has 0 aliphatic rings. The first-order chi connectivity index (χ1) is 14.4. The molecular weight excluding hydrogens is 445 g/mol. The summed E-state index contributed by atoms with van der Waals surface area (Å²) in [6, 6.07) is 8.44. The molecule has 0 atom stereocenters. The molecule has 0 radical (unpaired) electrons. The van der Waals surface area contributed by atoms with Crippen LogP contribution in [0.2, 0.25) is 10.0 Å². The van der Waals surface area contributed by atoms with E-state index in [2.05, 4.69) is 20.6 Å². The maximum atomic E-state index is 12.3. The van der Waals surface area contributed by atoms with E-state index in [1.807, 2.05) is 11.4 Å². The van der Waals surface area contributed by atoms with Gasteiger partial charge in [0.25, 0.3) is 0 Å². The van der Waals surface area contributed by atoms with Crippen LogP contribution in [0.15, 0.2) is 48.1 Å². The maximum Gasteiger partial charge on any atom is 0.321 e. The van der Waals surface area contributed by atoms with E-state index in [1.54, 1.807) is 48.6 Å². The average Bonchev–Trinajstić information content (AvgIpc) is 3.16. The Hall–Kier alpha value is -2.68. The predicted octanol–water partition coefficient (Wildman–Crippen LogP) is 4.37. The number of likely N-dealkylation sites (N-methyl/N-ethyl adjacent to an activating group) is 1. The molecule has 10 heteroatoms. The van der Waals surface area contributed by atoms with Crippen LogP contribution < -0.4 is 10.6 Å².